The van der Waals surface area contributed by atoms with Crippen molar-refractivity contribution < 1.29 is 4.79 Å². The van der Waals surface area contributed by atoms with Crippen LogP contribution in [0.15, 0.2) is 35.2 Å². The highest BCUT2D eigenvalue weighted by molar-refractivity contribution is 7.80. The molecule has 0 atom stereocenters. The van der Waals surface area contributed by atoms with E-state index in [4.69, 9.17) is 0 Å². The number of allylic oxidation sites excluding steroid dienone is 1. The van der Waals surface area contributed by atoms with E-state index in [-0.39, 0.29) is 0 Å². The predicted molar refractivity (Wildman–Crippen MR) is 48.8 cm³/mol. The Morgan fingerprint density at radius 3 is 2.64 bits per heavy atom. The number of thiol groups is 1. The Morgan fingerprint density at radius 1 is 1.27 bits per heavy atom. The van der Waals surface area contributed by atoms with Crippen LogP contribution in [0, 0.1) is 0 Å². The first-order chi connectivity index (χ1) is 5.34. The van der Waals surface area contributed by atoms with E-state index in [2.05, 4.69) is 12.6 Å². The van der Waals surface area contributed by atoms with Crippen LogP contribution >= 0.6 is 12.6 Å². The molecular formula is C9H8OS. The Balaban J connectivity index is 2.94. The lowest BCUT2D eigenvalue weighted by atomic mass is 10.2. The van der Waals surface area contributed by atoms with Crippen molar-refractivity contribution in [1.82, 2.24) is 0 Å². The van der Waals surface area contributed by atoms with Gasteiger partial charge in [-0.1, -0.05) is 24.3 Å². The van der Waals surface area contributed by atoms with Crippen LogP contribution in [0.25, 0.3) is 6.08 Å². The number of aldehydes is 1. The minimum absolute atomic E-state index is 0.750. The summed E-state index contributed by atoms with van der Waals surface area (Å²) in [7, 11) is 0. The van der Waals surface area contributed by atoms with Crippen LogP contribution < -0.4 is 0 Å². The molecule has 0 heterocycles. The summed E-state index contributed by atoms with van der Waals surface area (Å²) in [6.45, 7) is 0. The van der Waals surface area contributed by atoms with Crippen molar-refractivity contribution >= 4 is 25.0 Å². The second kappa shape index (κ2) is 3.98. The van der Waals surface area contributed by atoms with Gasteiger partial charge in [0.25, 0.3) is 0 Å². The molecular weight excluding hydrogens is 156 g/mol. The Kier molecular flexibility index (Phi) is 2.93. The van der Waals surface area contributed by atoms with Gasteiger partial charge in [-0.25, -0.2) is 0 Å². The number of benzene rings is 1. The largest absolute Gasteiger partial charge is 0.299 e. The van der Waals surface area contributed by atoms with Gasteiger partial charge >= 0.3 is 0 Å². The van der Waals surface area contributed by atoms with Crippen molar-refractivity contribution in [3.05, 3.63) is 35.9 Å². The molecule has 0 aromatic heterocycles. The van der Waals surface area contributed by atoms with Crippen molar-refractivity contribution in [1.29, 1.82) is 0 Å². The summed E-state index contributed by atoms with van der Waals surface area (Å²) in [6, 6.07) is 7.60. The monoisotopic (exact) mass is 164 g/mol. The van der Waals surface area contributed by atoms with Crippen molar-refractivity contribution in [2.75, 3.05) is 0 Å². The molecule has 2 heteroatoms. The Labute approximate surface area is 71.2 Å². The third-order valence-corrected chi connectivity index (χ3v) is 1.70. The molecule has 0 unspecified atom stereocenters. The molecule has 0 aliphatic carbocycles. The van der Waals surface area contributed by atoms with Crippen LogP contribution in [0.4, 0.5) is 0 Å². The number of hydrogen-bond donors (Lipinski definition) is 1. The van der Waals surface area contributed by atoms with Crippen molar-refractivity contribution in [3.8, 4) is 0 Å². The molecule has 1 aromatic rings. The van der Waals surface area contributed by atoms with Crippen LogP contribution in [0.3, 0.4) is 0 Å². The normalized spacial score (nSPS) is 10.3. The van der Waals surface area contributed by atoms with Crippen LogP contribution in [0.5, 0.6) is 0 Å². The van der Waals surface area contributed by atoms with Gasteiger partial charge in [0, 0.05) is 4.90 Å². The fraction of sp³-hybridized carbons (Fsp3) is 0. The summed E-state index contributed by atoms with van der Waals surface area (Å²) in [5.41, 5.74) is 0.961. The number of rotatable bonds is 2. The van der Waals surface area contributed by atoms with E-state index in [0.717, 1.165) is 16.7 Å². The fourth-order valence-electron chi connectivity index (χ4n) is 0.771. The van der Waals surface area contributed by atoms with Gasteiger partial charge in [-0.05, 0) is 17.7 Å². The van der Waals surface area contributed by atoms with E-state index in [9.17, 15) is 4.79 Å². The summed E-state index contributed by atoms with van der Waals surface area (Å²) >= 11 is 4.20. The molecule has 0 bridgehead atoms. The van der Waals surface area contributed by atoms with Gasteiger partial charge < -0.3 is 0 Å². The molecule has 0 amide bonds. The SMILES string of the molecule is O=CC=Cc1ccccc1S. The minimum Gasteiger partial charge on any atom is -0.299 e. The van der Waals surface area contributed by atoms with E-state index in [1.807, 2.05) is 24.3 Å². The summed E-state index contributed by atoms with van der Waals surface area (Å²) in [5.74, 6) is 0. The van der Waals surface area contributed by atoms with E-state index in [1.54, 1.807) is 6.08 Å². The molecule has 0 spiro atoms. The molecule has 0 aliphatic rings. The zero-order chi connectivity index (χ0) is 8.10. The molecule has 56 valence electrons. The zero-order valence-corrected chi connectivity index (χ0v) is 6.79. The molecule has 11 heavy (non-hydrogen) atoms. The van der Waals surface area contributed by atoms with E-state index in [1.165, 1.54) is 6.08 Å². The molecule has 0 saturated carbocycles. The van der Waals surface area contributed by atoms with Gasteiger partial charge in [0.15, 0.2) is 0 Å². The highest BCUT2D eigenvalue weighted by Gasteiger charge is 1.89. The van der Waals surface area contributed by atoms with E-state index in [0.29, 0.717) is 0 Å². The molecule has 0 fully saturated rings. The highest BCUT2D eigenvalue weighted by atomic mass is 32.1. The molecule has 0 N–H and O–H groups in total. The first-order valence-electron chi connectivity index (χ1n) is 3.24. The van der Waals surface area contributed by atoms with Crippen LogP contribution in [0.1, 0.15) is 5.56 Å². The van der Waals surface area contributed by atoms with Crippen molar-refractivity contribution in [2.45, 2.75) is 4.90 Å². The minimum atomic E-state index is 0.750. The maximum absolute atomic E-state index is 9.98. The molecule has 1 rings (SSSR count). The second-order valence-electron chi connectivity index (χ2n) is 2.05. The maximum Gasteiger partial charge on any atom is 0.142 e. The second-order valence-corrected chi connectivity index (χ2v) is 2.54. The molecule has 0 aliphatic heterocycles. The Hall–Kier alpha value is -1.02. The van der Waals surface area contributed by atoms with Gasteiger partial charge in [-0.3, -0.25) is 4.79 Å². The van der Waals surface area contributed by atoms with Gasteiger partial charge in [-0.2, -0.15) is 0 Å². The van der Waals surface area contributed by atoms with Gasteiger partial charge in [0.05, 0.1) is 0 Å². The lowest BCUT2D eigenvalue weighted by molar-refractivity contribution is -0.104. The average Bonchev–Trinajstić information content (AvgIpc) is 2.03. The quantitative estimate of drug-likeness (QED) is 0.403. The smallest absolute Gasteiger partial charge is 0.142 e. The van der Waals surface area contributed by atoms with Gasteiger partial charge in [-0.15, -0.1) is 12.6 Å². The average molecular weight is 164 g/mol. The summed E-state index contributed by atoms with van der Waals surface area (Å²) < 4.78 is 0. The third-order valence-electron chi connectivity index (χ3n) is 1.29. The zero-order valence-electron chi connectivity index (χ0n) is 5.90. The third kappa shape index (κ3) is 2.24. The first-order valence-corrected chi connectivity index (χ1v) is 3.69. The molecule has 0 saturated heterocycles. The number of carbonyl (C=O) groups is 1. The van der Waals surface area contributed by atoms with Crippen LogP contribution in [-0.2, 0) is 4.79 Å². The highest BCUT2D eigenvalue weighted by Crippen LogP contribution is 2.13. The van der Waals surface area contributed by atoms with Crippen molar-refractivity contribution in [2.24, 2.45) is 0 Å². The summed E-state index contributed by atoms with van der Waals surface area (Å²) in [4.78, 5) is 10.9. The van der Waals surface area contributed by atoms with Crippen LogP contribution in [0.2, 0.25) is 0 Å². The van der Waals surface area contributed by atoms with Crippen LogP contribution in [-0.4, -0.2) is 6.29 Å². The predicted octanol–water partition coefficient (Wildman–Crippen LogP) is 2.19. The first kappa shape index (κ1) is 8.08. The van der Waals surface area contributed by atoms with Gasteiger partial charge in [0.1, 0.15) is 6.29 Å². The number of carbonyl (C=O) groups excluding carboxylic acids is 1. The molecule has 1 aromatic carbocycles. The molecule has 1 nitrogen and oxygen atoms in total. The number of hydrogen-bond acceptors (Lipinski definition) is 2. The maximum atomic E-state index is 9.98. The van der Waals surface area contributed by atoms with Gasteiger partial charge in [0.2, 0.25) is 0 Å². The Morgan fingerprint density at radius 2 is 2.00 bits per heavy atom. The molecule has 0 radical (unpaired) electrons. The van der Waals surface area contributed by atoms with E-state index < -0.39 is 0 Å². The standard InChI is InChI=1S/C9H8OS/c10-7-3-5-8-4-1-2-6-9(8)11/h1-7,11H. The van der Waals surface area contributed by atoms with E-state index >= 15 is 0 Å². The topological polar surface area (TPSA) is 17.1 Å². The fourth-order valence-corrected chi connectivity index (χ4v) is 1.01. The lowest BCUT2D eigenvalue weighted by Crippen LogP contribution is -1.73. The lowest BCUT2D eigenvalue weighted by Gasteiger charge is -1.95. The Bertz CT molecular complexity index is 279. The summed E-state index contributed by atoms with van der Waals surface area (Å²) in [6.07, 6.45) is 3.94. The summed E-state index contributed by atoms with van der Waals surface area (Å²) in [5, 5.41) is 0. The van der Waals surface area contributed by atoms with Crippen molar-refractivity contribution in [3.63, 3.8) is 0 Å².